The molecule has 2 N–H and O–H groups in total. The van der Waals surface area contributed by atoms with Gasteiger partial charge in [-0.1, -0.05) is 19.3 Å². The van der Waals surface area contributed by atoms with Gasteiger partial charge in [0.2, 0.25) is 0 Å². The van der Waals surface area contributed by atoms with E-state index in [0.29, 0.717) is 6.61 Å². The fraction of sp³-hybridized carbons (Fsp3) is 1.00. The second kappa shape index (κ2) is 10.4. The molecule has 0 bridgehead atoms. The summed E-state index contributed by atoms with van der Waals surface area (Å²) in [6.07, 6.45) is 6.79. The molecule has 0 radical (unpaired) electrons. The zero-order valence-electron chi connectivity index (χ0n) is 7.50. The Bertz CT molecular complexity index is 99.1. The van der Waals surface area contributed by atoms with E-state index in [4.69, 9.17) is 5.73 Å². The number of hydrogen-bond acceptors (Lipinski definition) is 4. The molecule has 0 spiro atoms. The van der Waals surface area contributed by atoms with E-state index in [9.17, 15) is 4.91 Å². The lowest BCUT2D eigenvalue weighted by Crippen LogP contribution is -1.97. The van der Waals surface area contributed by atoms with E-state index >= 15 is 0 Å². The molecule has 0 aliphatic rings. The Hall–Kier alpha value is -0.640. The van der Waals surface area contributed by atoms with E-state index in [0.717, 1.165) is 25.8 Å². The van der Waals surface area contributed by atoms with Gasteiger partial charge in [-0.2, -0.15) is 0 Å². The van der Waals surface area contributed by atoms with Crippen molar-refractivity contribution in [2.75, 3.05) is 13.2 Å². The van der Waals surface area contributed by atoms with Crippen LogP contribution in [0.25, 0.3) is 0 Å². The fourth-order valence-corrected chi connectivity index (χ4v) is 1.06. The lowest BCUT2D eigenvalue weighted by molar-refractivity contribution is 0.135. The van der Waals surface area contributed by atoms with Gasteiger partial charge in [0.1, 0.15) is 6.61 Å². The molecule has 4 heteroatoms. The highest BCUT2D eigenvalue weighted by Gasteiger charge is 1.90. The third-order valence-electron chi connectivity index (χ3n) is 1.74. The van der Waals surface area contributed by atoms with Gasteiger partial charge < -0.3 is 10.6 Å². The predicted molar refractivity (Wildman–Crippen MR) is 48.5 cm³/mol. The third kappa shape index (κ3) is 9.36. The molecule has 0 aliphatic carbocycles. The summed E-state index contributed by atoms with van der Waals surface area (Å²) >= 11 is 0. The summed E-state index contributed by atoms with van der Waals surface area (Å²) in [5.74, 6) is 0. The Morgan fingerprint density at radius 1 is 1.00 bits per heavy atom. The Morgan fingerprint density at radius 3 is 2.17 bits per heavy atom. The van der Waals surface area contributed by atoms with Gasteiger partial charge in [-0.15, -0.1) is 4.91 Å². The van der Waals surface area contributed by atoms with E-state index in [-0.39, 0.29) is 0 Å². The highest BCUT2D eigenvalue weighted by atomic mass is 16.7. The highest BCUT2D eigenvalue weighted by Crippen LogP contribution is 2.04. The second-order valence-corrected chi connectivity index (χ2v) is 2.82. The molecule has 0 amide bonds. The van der Waals surface area contributed by atoms with Crippen LogP contribution in [-0.2, 0) is 4.84 Å². The number of hydrogen-bond donors (Lipinski definition) is 1. The van der Waals surface area contributed by atoms with Crippen LogP contribution >= 0.6 is 0 Å². The number of nitrogens with zero attached hydrogens (tertiary/aromatic N) is 1. The number of rotatable bonds is 9. The van der Waals surface area contributed by atoms with Crippen molar-refractivity contribution < 1.29 is 4.84 Å². The Labute approximate surface area is 73.4 Å². The van der Waals surface area contributed by atoms with Gasteiger partial charge in [-0.25, -0.2) is 0 Å². The van der Waals surface area contributed by atoms with Crippen LogP contribution in [0.15, 0.2) is 5.34 Å². The summed E-state index contributed by atoms with van der Waals surface area (Å²) in [4.78, 5) is 13.8. The van der Waals surface area contributed by atoms with Gasteiger partial charge in [0.05, 0.1) is 0 Å². The molecule has 0 saturated heterocycles. The van der Waals surface area contributed by atoms with Crippen LogP contribution in [0.5, 0.6) is 0 Å². The van der Waals surface area contributed by atoms with Crippen LogP contribution in [-0.4, -0.2) is 13.2 Å². The van der Waals surface area contributed by atoms with Crippen LogP contribution in [0.1, 0.15) is 38.5 Å². The van der Waals surface area contributed by atoms with Crippen molar-refractivity contribution in [3.05, 3.63) is 4.91 Å². The Morgan fingerprint density at radius 2 is 1.58 bits per heavy atom. The van der Waals surface area contributed by atoms with Crippen molar-refractivity contribution in [1.29, 1.82) is 0 Å². The standard InChI is InChI=1S/C8H18N2O2/c9-7-5-3-1-2-4-6-8-12-10-11/h1-9H2. The molecule has 0 rings (SSSR count). The first kappa shape index (κ1) is 11.4. The first-order valence-corrected chi connectivity index (χ1v) is 4.56. The van der Waals surface area contributed by atoms with Crippen LogP contribution in [0, 0.1) is 4.91 Å². The number of unbranched alkanes of at least 4 members (excludes halogenated alkanes) is 5. The lowest BCUT2D eigenvalue weighted by Gasteiger charge is -1.98. The first-order valence-electron chi connectivity index (χ1n) is 4.56. The summed E-state index contributed by atoms with van der Waals surface area (Å²) in [5, 5.41) is 2.32. The SMILES string of the molecule is NCCCCCCCCON=O. The average Bonchev–Trinajstić information content (AvgIpc) is 2.10. The van der Waals surface area contributed by atoms with Crippen LogP contribution in [0.3, 0.4) is 0 Å². The van der Waals surface area contributed by atoms with E-state index in [1.54, 1.807) is 0 Å². The van der Waals surface area contributed by atoms with Crippen LogP contribution in [0.4, 0.5) is 0 Å². The van der Waals surface area contributed by atoms with Crippen molar-refractivity contribution in [3.63, 3.8) is 0 Å². The molecule has 0 aromatic heterocycles. The van der Waals surface area contributed by atoms with Gasteiger partial charge >= 0.3 is 0 Å². The van der Waals surface area contributed by atoms with E-state index in [1.807, 2.05) is 0 Å². The molecule has 0 atom stereocenters. The molecule has 0 aromatic carbocycles. The molecule has 0 unspecified atom stereocenters. The summed E-state index contributed by atoms with van der Waals surface area (Å²) in [6.45, 7) is 1.25. The third-order valence-corrected chi connectivity index (χ3v) is 1.74. The fourth-order valence-electron chi connectivity index (χ4n) is 1.06. The first-order chi connectivity index (χ1) is 5.91. The molecule has 0 aliphatic heterocycles. The Balaban J connectivity index is 2.77. The summed E-state index contributed by atoms with van der Waals surface area (Å²) in [6, 6.07) is 0. The summed E-state index contributed by atoms with van der Waals surface area (Å²) in [7, 11) is 0. The van der Waals surface area contributed by atoms with Crippen molar-refractivity contribution in [3.8, 4) is 0 Å². The topological polar surface area (TPSA) is 64.7 Å². The average molecular weight is 174 g/mol. The van der Waals surface area contributed by atoms with Gasteiger partial charge in [0, 0.05) is 0 Å². The largest absolute Gasteiger partial charge is 0.364 e. The zero-order chi connectivity index (χ0) is 9.07. The molecular formula is C8H18N2O2. The minimum atomic E-state index is 0.459. The maximum absolute atomic E-state index is 9.49. The normalized spacial score (nSPS) is 9.75. The molecule has 0 saturated carbocycles. The van der Waals surface area contributed by atoms with E-state index < -0.39 is 0 Å². The lowest BCUT2D eigenvalue weighted by atomic mass is 10.1. The van der Waals surface area contributed by atoms with E-state index in [2.05, 4.69) is 10.2 Å². The molecule has 12 heavy (non-hydrogen) atoms. The van der Waals surface area contributed by atoms with Crippen molar-refractivity contribution in [2.24, 2.45) is 11.1 Å². The van der Waals surface area contributed by atoms with Gasteiger partial charge in [0.15, 0.2) is 5.34 Å². The quantitative estimate of drug-likeness (QED) is 0.330. The van der Waals surface area contributed by atoms with E-state index in [1.165, 1.54) is 19.3 Å². The minimum absolute atomic E-state index is 0.459. The maximum Gasteiger partial charge on any atom is 0.155 e. The molecule has 72 valence electrons. The smallest absolute Gasteiger partial charge is 0.155 e. The number of nitrogens with two attached hydrogens (primary N) is 1. The molecular weight excluding hydrogens is 156 g/mol. The zero-order valence-corrected chi connectivity index (χ0v) is 7.50. The Kier molecular flexibility index (Phi) is 9.81. The van der Waals surface area contributed by atoms with Crippen LogP contribution in [0.2, 0.25) is 0 Å². The van der Waals surface area contributed by atoms with Crippen molar-refractivity contribution >= 4 is 0 Å². The van der Waals surface area contributed by atoms with Crippen LogP contribution < -0.4 is 5.73 Å². The monoisotopic (exact) mass is 174 g/mol. The van der Waals surface area contributed by atoms with Crippen molar-refractivity contribution in [1.82, 2.24) is 0 Å². The van der Waals surface area contributed by atoms with Gasteiger partial charge in [-0.05, 0) is 25.8 Å². The highest BCUT2D eigenvalue weighted by molar-refractivity contribution is 4.45. The van der Waals surface area contributed by atoms with Crippen molar-refractivity contribution in [2.45, 2.75) is 38.5 Å². The maximum atomic E-state index is 9.49. The molecule has 0 heterocycles. The summed E-state index contributed by atoms with van der Waals surface area (Å²) in [5.41, 5.74) is 5.34. The second-order valence-electron chi connectivity index (χ2n) is 2.82. The molecule has 4 nitrogen and oxygen atoms in total. The minimum Gasteiger partial charge on any atom is -0.364 e. The van der Waals surface area contributed by atoms with Gasteiger partial charge in [0.25, 0.3) is 0 Å². The molecule has 0 aromatic rings. The molecule has 0 fully saturated rings. The van der Waals surface area contributed by atoms with Gasteiger partial charge in [-0.3, -0.25) is 0 Å². The summed E-state index contributed by atoms with van der Waals surface area (Å²) < 4.78 is 0. The predicted octanol–water partition coefficient (Wildman–Crippen LogP) is 1.98.